The maximum absolute atomic E-state index is 13.3. The second kappa shape index (κ2) is 10.8. The lowest BCUT2D eigenvalue weighted by Gasteiger charge is -2.30. The van der Waals surface area contributed by atoms with Crippen molar-refractivity contribution in [3.05, 3.63) is 83.4 Å². The smallest absolute Gasteiger partial charge is 0.417 e. The van der Waals surface area contributed by atoms with Crippen molar-refractivity contribution in [3.8, 4) is 0 Å². The van der Waals surface area contributed by atoms with E-state index in [1.54, 1.807) is 19.9 Å². The van der Waals surface area contributed by atoms with Crippen molar-refractivity contribution in [1.29, 1.82) is 0 Å². The van der Waals surface area contributed by atoms with Crippen molar-refractivity contribution in [2.75, 3.05) is 6.61 Å². The van der Waals surface area contributed by atoms with Crippen molar-refractivity contribution in [3.63, 3.8) is 0 Å². The molecule has 176 valence electrons. The molecule has 2 amide bonds. The summed E-state index contributed by atoms with van der Waals surface area (Å²) in [6, 6.07) is 19.0. The van der Waals surface area contributed by atoms with Crippen LogP contribution in [0.3, 0.4) is 0 Å². The first-order chi connectivity index (χ1) is 15.7. The van der Waals surface area contributed by atoms with Gasteiger partial charge in [0.1, 0.15) is 5.60 Å². The fourth-order valence-electron chi connectivity index (χ4n) is 4.01. The molecule has 1 saturated heterocycles. The summed E-state index contributed by atoms with van der Waals surface area (Å²) in [6.45, 7) is 7.78. The van der Waals surface area contributed by atoms with Gasteiger partial charge in [-0.3, -0.25) is 4.79 Å². The number of cyclic esters (lactones) is 1. The molecule has 1 N–H and O–H groups in total. The fraction of sp³-hybridized carbons (Fsp3) is 0.407. The molecule has 1 aliphatic rings. The highest BCUT2D eigenvalue weighted by molar-refractivity contribution is 5.95. The Balaban J connectivity index is 1.65. The van der Waals surface area contributed by atoms with Crippen molar-refractivity contribution < 1.29 is 24.2 Å². The van der Waals surface area contributed by atoms with Gasteiger partial charge in [-0.05, 0) is 43.9 Å². The first-order valence-corrected chi connectivity index (χ1v) is 11.3. The van der Waals surface area contributed by atoms with Crippen LogP contribution in [-0.2, 0) is 27.3 Å². The predicted molar refractivity (Wildman–Crippen MR) is 126 cm³/mol. The van der Waals surface area contributed by atoms with Crippen molar-refractivity contribution >= 4 is 12.0 Å². The van der Waals surface area contributed by atoms with Gasteiger partial charge < -0.3 is 14.6 Å². The molecule has 0 spiro atoms. The second-order valence-electron chi connectivity index (χ2n) is 9.07. The van der Waals surface area contributed by atoms with E-state index in [4.69, 9.17) is 9.47 Å². The van der Waals surface area contributed by atoms with Gasteiger partial charge in [0.15, 0.2) is 0 Å². The first-order valence-electron chi connectivity index (χ1n) is 11.3. The molecule has 3 atom stereocenters. The summed E-state index contributed by atoms with van der Waals surface area (Å²) in [5.41, 5.74) is 1.86. The molecule has 0 aliphatic carbocycles. The minimum absolute atomic E-state index is 0.314. The number of hydrogen-bond donors (Lipinski definition) is 1. The molecule has 0 bridgehead atoms. The summed E-state index contributed by atoms with van der Waals surface area (Å²) < 4.78 is 11.2. The Morgan fingerprint density at radius 2 is 1.70 bits per heavy atom. The van der Waals surface area contributed by atoms with Crippen LogP contribution in [0.25, 0.3) is 0 Å². The molecule has 6 heteroatoms. The molecular formula is C27H33NO5. The number of carbonyl (C=O) groups is 2. The van der Waals surface area contributed by atoms with Crippen LogP contribution in [0, 0.1) is 5.92 Å². The van der Waals surface area contributed by atoms with E-state index in [0.717, 1.165) is 11.1 Å². The van der Waals surface area contributed by atoms with Crippen LogP contribution in [0.4, 0.5) is 4.79 Å². The topological polar surface area (TPSA) is 76.1 Å². The summed E-state index contributed by atoms with van der Waals surface area (Å²) >= 11 is 0. The monoisotopic (exact) mass is 451 g/mol. The van der Waals surface area contributed by atoms with Gasteiger partial charge in [-0.25, -0.2) is 9.69 Å². The Hall–Kier alpha value is -2.96. The van der Waals surface area contributed by atoms with Crippen LogP contribution in [0.1, 0.15) is 38.8 Å². The number of imide groups is 1. The van der Waals surface area contributed by atoms with E-state index in [2.05, 4.69) is 0 Å². The zero-order valence-electron chi connectivity index (χ0n) is 19.7. The molecule has 6 nitrogen and oxygen atoms in total. The van der Waals surface area contributed by atoms with Gasteiger partial charge in [0.2, 0.25) is 5.91 Å². The number of aliphatic hydroxyl groups is 1. The van der Waals surface area contributed by atoms with Crippen molar-refractivity contribution in [2.24, 2.45) is 5.92 Å². The van der Waals surface area contributed by atoms with Crippen LogP contribution in [0.15, 0.2) is 72.3 Å². The maximum atomic E-state index is 13.3. The van der Waals surface area contributed by atoms with Crippen LogP contribution in [0.5, 0.6) is 0 Å². The van der Waals surface area contributed by atoms with E-state index >= 15 is 0 Å². The number of carbonyl (C=O) groups excluding carboxylic acids is 2. The molecular weight excluding hydrogens is 418 g/mol. The van der Waals surface area contributed by atoms with Gasteiger partial charge in [0.05, 0.1) is 31.3 Å². The van der Waals surface area contributed by atoms with E-state index in [1.807, 2.05) is 74.5 Å². The molecule has 1 heterocycles. The lowest BCUT2D eigenvalue weighted by Crippen LogP contribution is -2.49. The van der Waals surface area contributed by atoms with Crippen molar-refractivity contribution in [1.82, 2.24) is 4.90 Å². The number of benzene rings is 2. The largest absolute Gasteiger partial charge is 0.441 e. The fourth-order valence-corrected chi connectivity index (χ4v) is 4.01. The highest BCUT2D eigenvalue weighted by atomic mass is 16.6. The Bertz CT molecular complexity index is 971. The molecule has 3 rings (SSSR count). The third kappa shape index (κ3) is 6.09. The van der Waals surface area contributed by atoms with Crippen LogP contribution >= 0.6 is 0 Å². The van der Waals surface area contributed by atoms with Crippen LogP contribution < -0.4 is 0 Å². The maximum Gasteiger partial charge on any atom is 0.417 e. The second-order valence-corrected chi connectivity index (χ2v) is 9.07. The SMILES string of the molecule is C/C(=C\COCc1ccccc1)[C@@H](O)[C@H](C)C(=O)N1C(=O)OC(C)(C)[C@@H]1Cc1ccccc1. The van der Waals surface area contributed by atoms with Gasteiger partial charge in [-0.2, -0.15) is 0 Å². The summed E-state index contributed by atoms with van der Waals surface area (Å²) in [5, 5.41) is 10.8. The average Bonchev–Trinajstić information content (AvgIpc) is 3.03. The third-order valence-corrected chi connectivity index (χ3v) is 6.13. The summed E-state index contributed by atoms with van der Waals surface area (Å²) in [7, 11) is 0. The summed E-state index contributed by atoms with van der Waals surface area (Å²) in [4.78, 5) is 27.1. The molecule has 0 saturated carbocycles. The molecule has 1 fully saturated rings. The quantitative estimate of drug-likeness (QED) is 0.448. The molecule has 0 radical (unpaired) electrons. The number of aliphatic hydroxyl groups excluding tert-OH is 1. The first kappa shape index (κ1) is 24.7. The highest BCUT2D eigenvalue weighted by Gasteiger charge is 2.51. The van der Waals surface area contributed by atoms with Gasteiger partial charge in [0, 0.05) is 0 Å². The standard InChI is InChI=1S/C27H33NO5/c1-19(15-16-32-18-22-13-9-6-10-14-22)24(29)20(2)25(30)28-23(27(3,4)33-26(28)31)17-21-11-7-5-8-12-21/h5-15,20,23-24,29H,16-18H2,1-4H3/b19-15+/t20-,23-,24+/m0/s1. The van der Waals surface area contributed by atoms with E-state index in [9.17, 15) is 14.7 Å². The summed E-state index contributed by atoms with van der Waals surface area (Å²) in [5.74, 6) is -1.26. The van der Waals surface area contributed by atoms with Gasteiger partial charge >= 0.3 is 6.09 Å². The van der Waals surface area contributed by atoms with Gasteiger partial charge in [0.25, 0.3) is 0 Å². The zero-order chi connectivity index (χ0) is 24.0. The molecule has 0 unspecified atom stereocenters. The van der Waals surface area contributed by atoms with E-state index in [-0.39, 0.29) is 0 Å². The highest BCUT2D eigenvalue weighted by Crippen LogP contribution is 2.33. The number of amides is 2. The lowest BCUT2D eigenvalue weighted by atomic mass is 9.90. The number of hydrogen-bond acceptors (Lipinski definition) is 5. The number of rotatable bonds is 9. The average molecular weight is 452 g/mol. The Labute approximate surface area is 195 Å². The minimum atomic E-state index is -1.04. The molecule has 2 aromatic rings. The Kier molecular flexibility index (Phi) is 8.06. The summed E-state index contributed by atoms with van der Waals surface area (Å²) in [6.07, 6.45) is 0.547. The van der Waals surface area contributed by atoms with Crippen molar-refractivity contribution in [2.45, 2.75) is 58.5 Å². The van der Waals surface area contributed by atoms with E-state index < -0.39 is 35.7 Å². The van der Waals surface area contributed by atoms with Gasteiger partial charge in [-0.1, -0.05) is 73.7 Å². The lowest BCUT2D eigenvalue weighted by molar-refractivity contribution is -0.136. The molecule has 0 aromatic heterocycles. The Morgan fingerprint density at radius 1 is 1.12 bits per heavy atom. The number of nitrogens with zero attached hydrogens (tertiary/aromatic N) is 1. The molecule has 33 heavy (non-hydrogen) atoms. The van der Waals surface area contributed by atoms with Gasteiger partial charge in [-0.15, -0.1) is 0 Å². The number of ether oxygens (including phenoxy) is 2. The van der Waals surface area contributed by atoms with Crippen LogP contribution in [0.2, 0.25) is 0 Å². The van der Waals surface area contributed by atoms with E-state index in [0.29, 0.717) is 25.2 Å². The third-order valence-electron chi connectivity index (χ3n) is 6.13. The molecule has 1 aliphatic heterocycles. The predicted octanol–water partition coefficient (Wildman–Crippen LogP) is 4.52. The van der Waals surface area contributed by atoms with E-state index in [1.165, 1.54) is 4.90 Å². The minimum Gasteiger partial charge on any atom is -0.441 e. The Morgan fingerprint density at radius 3 is 2.30 bits per heavy atom. The van der Waals surface area contributed by atoms with Crippen LogP contribution in [-0.4, -0.2) is 46.4 Å². The molecule has 2 aromatic carbocycles. The normalized spacial score (nSPS) is 19.8. The zero-order valence-corrected chi connectivity index (χ0v) is 19.7.